The average Bonchev–Trinajstić information content (AvgIpc) is 2.32. The Hall–Kier alpha value is -1.04. The van der Waals surface area contributed by atoms with Crippen LogP contribution in [-0.4, -0.2) is 22.5 Å². The number of halogens is 10. The summed E-state index contributed by atoms with van der Waals surface area (Å²) in [7, 11) is 0. The van der Waals surface area contributed by atoms with Gasteiger partial charge in [0, 0.05) is 17.1 Å². The van der Waals surface area contributed by atoms with Crippen molar-refractivity contribution in [3.8, 4) is 0 Å². The predicted molar refractivity (Wildman–Crippen MR) is 57.5 cm³/mol. The predicted octanol–water partition coefficient (Wildman–Crippen LogP) is 3.85. The first kappa shape index (κ1) is 24.0. The molecule has 146 valence electrons. The van der Waals surface area contributed by atoms with Gasteiger partial charge in [0.05, 0.1) is 17.8 Å². The van der Waals surface area contributed by atoms with Crippen molar-refractivity contribution in [2.75, 3.05) is 0 Å². The van der Waals surface area contributed by atoms with Crippen molar-refractivity contribution in [3.63, 3.8) is 0 Å². The van der Waals surface area contributed by atoms with Gasteiger partial charge < -0.3 is 10.2 Å². The summed E-state index contributed by atoms with van der Waals surface area (Å²) in [6.45, 7) is 0.452. The van der Waals surface area contributed by atoms with E-state index >= 15 is 0 Å². The molecule has 0 saturated carbocycles. The second-order valence-electron chi connectivity index (χ2n) is 4.80. The maximum absolute atomic E-state index is 13.6. The Balaban J connectivity index is 0.00000576. The van der Waals surface area contributed by atoms with E-state index < -0.39 is 64.9 Å². The molecule has 0 spiro atoms. The second kappa shape index (κ2) is 7.68. The van der Waals surface area contributed by atoms with E-state index in [2.05, 4.69) is 0 Å². The fraction of sp³-hybridized carbons (Fsp3) is 0.500. The fourth-order valence-electron chi connectivity index (χ4n) is 2.05. The van der Waals surface area contributed by atoms with Crippen LogP contribution in [0.25, 0.3) is 0 Å². The maximum Gasteiger partial charge on any atom is 0.422 e. The molecule has 1 aromatic carbocycles. The van der Waals surface area contributed by atoms with Crippen LogP contribution in [0.2, 0.25) is 0 Å². The Morgan fingerprint density at radius 2 is 1.12 bits per heavy atom. The first-order valence-electron chi connectivity index (χ1n) is 5.98. The van der Waals surface area contributed by atoms with E-state index in [-0.39, 0.29) is 17.1 Å². The minimum atomic E-state index is -5.88. The van der Waals surface area contributed by atoms with Crippen LogP contribution in [0, 0.1) is 29.2 Å². The Morgan fingerprint density at radius 1 is 0.760 bits per heavy atom. The van der Waals surface area contributed by atoms with Gasteiger partial charge in [-0.1, -0.05) is 0 Å². The Morgan fingerprint density at radius 3 is 1.36 bits per heavy atom. The summed E-state index contributed by atoms with van der Waals surface area (Å²) < 4.78 is 129. The van der Waals surface area contributed by atoms with Gasteiger partial charge in [0.15, 0.2) is 23.3 Å². The zero-order chi connectivity index (χ0) is 19.2. The average molecular weight is 430 g/mol. The van der Waals surface area contributed by atoms with Crippen molar-refractivity contribution in [1.29, 1.82) is 0 Å². The molecule has 0 bridgehead atoms. The molecule has 0 aliphatic heterocycles. The smallest absolute Gasteiger partial charge is 0.393 e. The zero-order valence-electron chi connectivity index (χ0n) is 11.8. The number of aliphatic hydroxyl groups is 2. The molecule has 0 saturated heterocycles. The minimum absolute atomic E-state index is 0. The third kappa shape index (κ3) is 4.57. The standard InChI is InChI=1S/C12H8F10O2.Fe/c1-2(23)4(11(17,18)19)10(24)3-6(13)8(15)5(12(20,21)22)9(16)7(3)14;/h2,4,10,23-24H,1H3;. The van der Waals surface area contributed by atoms with E-state index in [0.29, 0.717) is 6.92 Å². The molecule has 2 N–H and O–H groups in total. The van der Waals surface area contributed by atoms with Crippen molar-refractivity contribution >= 4 is 0 Å². The Bertz CT molecular complexity index is 597. The quantitative estimate of drug-likeness (QED) is 0.435. The Kier molecular flexibility index (Phi) is 7.36. The van der Waals surface area contributed by atoms with Crippen LogP contribution in [0.3, 0.4) is 0 Å². The van der Waals surface area contributed by atoms with Crippen LogP contribution >= 0.6 is 0 Å². The van der Waals surface area contributed by atoms with E-state index in [9.17, 15) is 49.0 Å². The van der Waals surface area contributed by atoms with Crippen LogP contribution in [0.4, 0.5) is 43.9 Å². The van der Waals surface area contributed by atoms with Gasteiger partial charge in [-0.05, 0) is 6.92 Å². The maximum atomic E-state index is 13.6. The normalized spacial score (nSPS) is 16.2. The van der Waals surface area contributed by atoms with Gasteiger partial charge in [0.2, 0.25) is 0 Å². The molecule has 13 heteroatoms. The molecule has 0 aliphatic carbocycles. The number of aliphatic hydroxyl groups excluding tert-OH is 2. The van der Waals surface area contributed by atoms with Crippen molar-refractivity contribution < 1.29 is 71.2 Å². The van der Waals surface area contributed by atoms with Gasteiger partial charge in [-0.2, -0.15) is 26.3 Å². The zero-order valence-corrected chi connectivity index (χ0v) is 12.9. The minimum Gasteiger partial charge on any atom is -0.393 e. The van der Waals surface area contributed by atoms with E-state index in [1.165, 1.54) is 0 Å². The molecule has 0 aromatic heterocycles. The third-order valence-corrected chi connectivity index (χ3v) is 3.11. The van der Waals surface area contributed by atoms with Crippen molar-refractivity contribution in [1.82, 2.24) is 0 Å². The first-order valence-corrected chi connectivity index (χ1v) is 5.98. The summed E-state index contributed by atoms with van der Waals surface area (Å²) in [5.41, 5.74) is -5.30. The molecule has 0 aliphatic rings. The van der Waals surface area contributed by atoms with Gasteiger partial charge in [0.25, 0.3) is 0 Å². The Labute approximate surface area is 143 Å². The van der Waals surface area contributed by atoms with E-state index in [0.717, 1.165) is 0 Å². The second-order valence-corrected chi connectivity index (χ2v) is 4.80. The van der Waals surface area contributed by atoms with Crippen molar-refractivity contribution in [2.24, 2.45) is 5.92 Å². The topological polar surface area (TPSA) is 40.5 Å². The summed E-state index contributed by atoms with van der Waals surface area (Å²) >= 11 is 0. The largest absolute Gasteiger partial charge is 0.422 e. The van der Waals surface area contributed by atoms with Crippen LogP contribution in [0.5, 0.6) is 0 Å². The van der Waals surface area contributed by atoms with Gasteiger partial charge in [-0.15, -0.1) is 0 Å². The van der Waals surface area contributed by atoms with Gasteiger partial charge in [0.1, 0.15) is 11.5 Å². The summed E-state index contributed by atoms with van der Waals surface area (Å²) in [4.78, 5) is 0. The number of hydrogen-bond donors (Lipinski definition) is 2. The van der Waals surface area contributed by atoms with E-state index in [4.69, 9.17) is 5.11 Å². The molecule has 0 amide bonds. The van der Waals surface area contributed by atoms with Crippen LogP contribution in [-0.2, 0) is 23.2 Å². The number of alkyl halides is 6. The number of rotatable bonds is 3. The molecule has 1 rings (SSSR count). The van der Waals surface area contributed by atoms with Gasteiger partial charge in [-0.25, -0.2) is 17.6 Å². The van der Waals surface area contributed by atoms with Crippen molar-refractivity contribution in [3.05, 3.63) is 34.4 Å². The molecule has 1 aromatic rings. The molecular formula is C12H8F10FeO2. The van der Waals surface area contributed by atoms with E-state index in [1.54, 1.807) is 0 Å². The summed E-state index contributed by atoms with van der Waals surface area (Å²) in [5, 5.41) is 18.4. The van der Waals surface area contributed by atoms with Gasteiger partial charge in [-0.3, -0.25) is 0 Å². The summed E-state index contributed by atoms with van der Waals surface area (Å²) in [6, 6.07) is 0. The van der Waals surface area contributed by atoms with Crippen molar-refractivity contribution in [2.45, 2.75) is 31.5 Å². The van der Waals surface area contributed by atoms with Crippen LogP contribution in [0.1, 0.15) is 24.2 Å². The number of benzene rings is 1. The number of hydrogen-bond acceptors (Lipinski definition) is 2. The SMILES string of the molecule is CC(O)C(C(O)c1c(F)c(F)c(C(F)(F)F)c(F)c1F)C(F)(F)F.[Fe]. The summed E-state index contributed by atoms with van der Waals surface area (Å²) in [5.74, 6) is -15.0. The van der Waals surface area contributed by atoms with Crippen LogP contribution in [0.15, 0.2) is 0 Å². The molecular weight excluding hydrogens is 422 g/mol. The first-order chi connectivity index (χ1) is 10.6. The summed E-state index contributed by atoms with van der Waals surface area (Å²) in [6.07, 6.45) is -17.3. The molecule has 3 unspecified atom stereocenters. The molecule has 2 nitrogen and oxygen atoms in total. The molecule has 0 heterocycles. The van der Waals surface area contributed by atoms with Gasteiger partial charge >= 0.3 is 12.4 Å². The molecule has 0 fully saturated rings. The fourth-order valence-corrected chi connectivity index (χ4v) is 2.05. The third-order valence-electron chi connectivity index (χ3n) is 3.11. The van der Waals surface area contributed by atoms with E-state index in [1.807, 2.05) is 0 Å². The molecule has 0 radical (unpaired) electrons. The van der Waals surface area contributed by atoms with Crippen LogP contribution < -0.4 is 0 Å². The monoisotopic (exact) mass is 430 g/mol. The molecule has 25 heavy (non-hydrogen) atoms. The molecule has 3 atom stereocenters.